The fraction of sp³-hybridized carbons (Fsp3) is 0. The van der Waals surface area contributed by atoms with Gasteiger partial charge in [0.1, 0.15) is 0 Å². The van der Waals surface area contributed by atoms with Crippen molar-refractivity contribution in [1.82, 2.24) is 0 Å². The second-order valence-corrected chi connectivity index (χ2v) is 3.00. The summed E-state index contributed by atoms with van der Waals surface area (Å²) in [5.41, 5.74) is 0. The van der Waals surface area contributed by atoms with Crippen LogP contribution in [0.25, 0.3) is 0 Å². The molecule has 0 aliphatic rings. The molecular formula is Hf2O8Si2. The summed E-state index contributed by atoms with van der Waals surface area (Å²) < 4.78 is 0. The molecule has 0 heterocycles. The van der Waals surface area contributed by atoms with Gasteiger partial charge in [-0.15, -0.1) is 0 Å². The molecule has 0 aromatic carbocycles. The van der Waals surface area contributed by atoms with E-state index in [1.165, 1.54) is 0 Å². The molecule has 8 nitrogen and oxygen atoms in total. The topological polar surface area (TPSA) is 184 Å². The molecule has 0 aliphatic heterocycles. The second-order valence-electron chi connectivity index (χ2n) is 1.00. The van der Waals surface area contributed by atoms with Crippen molar-refractivity contribution in [1.29, 1.82) is 0 Å². The molecule has 0 aromatic heterocycles. The first-order valence-electron chi connectivity index (χ1n) is 1.63. The average Bonchev–Trinajstić information content (AvgIpc) is 1.12. The van der Waals surface area contributed by atoms with E-state index in [1.54, 1.807) is 0 Å². The number of rotatable bonds is 0. The first-order chi connectivity index (χ1) is 4.00. The van der Waals surface area contributed by atoms with Crippen LogP contribution in [0.2, 0.25) is 0 Å². The predicted octanol–water partition coefficient (Wildman–Crippen LogP) is -10.3. The van der Waals surface area contributed by atoms with Gasteiger partial charge in [-0.05, 0) is 0 Å². The summed E-state index contributed by atoms with van der Waals surface area (Å²) in [4.78, 5) is 68.6. The molecular weight excluding hydrogens is 541 g/mol. The standard InChI is InChI=1S/2Hf.2O4Si/c;;2*1-5(2,3)4/q2*+4;2*-4. The van der Waals surface area contributed by atoms with E-state index in [2.05, 4.69) is 0 Å². The summed E-state index contributed by atoms with van der Waals surface area (Å²) in [6.45, 7) is 0. The van der Waals surface area contributed by atoms with Gasteiger partial charge in [0, 0.05) is 0 Å². The molecule has 0 radical (unpaired) electrons. The fourth-order valence-electron chi connectivity index (χ4n) is 0. The molecule has 12 heteroatoms. The van der Waals surface area contributed by atoms with Crippen LogP contribution in [-0.2, 0) is 51.7 Å². The summed E-state index contributed by atoms with van der Waals surface area (Å²) in [6.07, 6.45) is 0. The minimum atomic E-state index is -5.61. The molecule has 0 saturated carbocycles. The fourth-order valence-corrected chi connectivity index (χ4v) is 0. The maximum absolute atomic E-state index is 8.58. The van der Waals surface area contributed by atoms with E-state index in [0.29, 0.717) is 0 Å². The Morgan fingerprint density at radius 1 is 0.417 bits per heavy atom. The Balaban J connectivity index is -0.0000000457. The normalized spacial score (nSPS) is 10.0. The van der Waals surface area contributed by atoms with Crippen LogP contribution in [0.1, 0.15) is 0 Å². The van der Waals surface area contributed by atoms with E-state index < -0.39 is 18.1 Å². The smallest absolute Gasteiger partial charge is 0.894 e. The van der Waals surface area contributed by atoms with Gasteiger partial charge in [0.05, 0.1) is 0 Å². The van der Waals surface area contributed by atoms with Crippen molar-refractivity contribution in [3.05, 3.63) is 0 Å². The van der Waals surface area contributed by atoms with Crippen LogP contribution in [0.5, 0.6) is 0 Å². The van der Waals surface area contributed by atoms with Crippen molar-refractivity contribution < 1.29 is 90.1 Å². The summed E-state index contributed by atoms with van der Waals surface area (Å²) in [5.74, 6) is 0. The van der Waals surface area contributed by atoms with Crippen LogP contribution >= 0.6 is 0 Å². The van der Waals surface area contributed by atoms with Gasteiger partial charge in [0.25, 0.3) is 0 Å². The third kappa shape index (κ3) is 406. The van der Waals surface area contributed by atoms with Crippen LogP contribution < -0.4 is 38.4 Å². The molecule has 0 aromatic rings. The van der Waals surface area contributed by atoms with Crippen molar-refractivity contribution in [2.45, 2.75) is 0 Å². The van der Waals surface area contributed by atoms with Crippen LogP contribution in [0.3, 0.4) is 0 Å². The maximum Gasteiger partial charge on any atom is 4.00 e. The summed E-state index contributed by atoms with van der Waals surface area (Å²) in [5, 5.41) is 0. The van der Waals surface area contributed by atoms with Gasteiger partial charge in [0.2, 0.25) is 0 Å². The third-order valence-electron chi connectivity index (χ3n) is 0. The summed E-state index contributed by atoms with van der Waals surface area (Å²) in [6, 6.07) is 0. The molecule has 0 N–H and O–H groups in total. The Morgan fingerprint density at radius 2 is 0.417 bits per heavy atom. The first-order valence-corrected chi connectivity index (χ1v) is 4.90. The molecule has 64 valence electrons. The molecule has 0 atom stereocenters. The molecule has 0 bridgehead atoms. The van der Waals surface area contributed by atoms with Gasteiger partial charge in [-0.2, -0.15) is 0 Å². The number of hydrogen-bond donors (Lipinski definition) is 0. The quantitative estimate of drug-likeness (QED) is 0.271. The number of hydrogen-bond acceptors (Lipinski definition) is 8. The third-order valence-corrected chi connectivity index (χ3v) is 0. The monoisotopic (exact) mass is 544 g/mol. The van der Waals surface area contributed by atoms with Gasteiger partial charge >= 0.3 is 51.7 Å². The Bertz CT molecular complexity index is 58.0. The van der Waals surface area contributed by atoms with E-state index in [-0.39, 0.29) is 51.7 Å². The zero-order valence-electron chi connectivity index (χ0n) is 5.27. The predicted molar refractivity (Wildman–Crippen MR) is 11.5 cm³/mol. The molecule has 12 heavy (non-hydrogen) atoms. The van der Waals surface area contributed by atoms with E-state index in [1.807, 2.05) is 0 Å². The second kappa shape index (κ2) is 9.41. The molecule has 0 aliphatic carbocycles. The van der Waals surface area contributed by atoms with E-state index >= 15 is 0 Å². The molecule has 0 unspecified atom stereocenters. The average molecular weight is 541 g/mol. The van der Waals surface area contributed by atoms with Gasteiger partial charge in [-0.3, -0.25) is 0 Å². The van der Waals surface area contributed by atoms with E-state index in [0.717, 1.165) is 0 Å². The Kier molecular flexibility index (Phi) is 18.5. The van der Waals surface area contributed by atoms with Gasteiger partial charge in [-0.1, -0.05) is 0 Å². The van der Waals surface area contributed by atoms with Crippen LogP contribution in [0.15, 0.2) is 0 Å². The zero-order chi connectivity index (χ0) is 9.00. The van der Waals surface area contributed by atoms with Crippen LogP contribution in [0, 0.1) is 0 Å². The van der Waals surface area contributed by atoms with Crippen LogP contribution in [-0.4, -0.2) is 18.1 Å². The van der Waals surface area contributed by atoms with Crippen molar-refractivity contribution in [2.75, 3.05) is 0 Å². The summed E-state index contributed by atoms with van der Waals surface area (Å²) in [7, 11) is -11.2. The van der Waals surface area contributed by atoms with Gasteiger partial charge < -0.3 is 56.5 Å². The molecule has 0 spiro atoms. The minimum absolute atomic E-state index is 0. The Hall–Kier alpha value is 1.85. The Labute approximate surface area is 107 Å². The summed E-state index contributed by atoms with van der Waals surface area (Å²) >= 11 is 0. The van der Waals surface area contributed by atoms with Gasteiger partial charge in [0.15, 0.2) is 0 Å². The zero-order valence-corrected chi connectivity index (χ0v) is 14.5. The van der Waals surface area contributed by atoms with Crippen molar-refractivity contribution in [3.8, 4) is 0 Å². The van der Waals surface area contributed by atoms with E-state index in [4.69, 9.17) is 38.4 Å². The molecule has 0 fully saturated rings. The van der Waals surface area contributed by atoms with Crippen molar-refractivity contribution in [3.63, 3.8) is 0 Å². The minimum Gasteiger partial charge on any atom is -0.894 e. The molecule has 0 amide bonds. The Morgan fingerprint density at radius 3 is 0.417 bits per heavy atom. The molecule has 0 rings (SSSR count). The van der Waals surface area contributed by atoms with Crippen molar-refractivity contribution in [2.24, 2.45) is 0 Å². The molecule has 0 saturated heterocycles. The van der Waals surface area contributed by atoms with Crippen molar-refractivity contribution >= 4 is 18.1 Å². The SMILES string of the molecule is [Hf+4].[Hf+4].[O-][Si]([O-])([O-])[O-].[O-][Si]([O-])([O-])[O-]. The maximum atomic E-state index is 8.58. The largest absolute Gasteiger partial charge is 4.00 e. The van der Waals surface area contributed by atoms with E-state index in [9.17, 15) is 0 Å². The van der Waals surface area contributed by atoms with Gasteiger partial charge in [-0.25, -0.2) is 0 Å². The first kappa shape index (κ1) is 23.6. The van der Waals surface area contributed by atoms with Crippen LogP contribution in [0.4, 0.5) is 0 Å².